The van der Waals surface area contributed by atoms with E-state index < -0.39 is 0 Å². The van der Waals surface area contributed by atoms with Crippen LogP contribution in [0.3, 0.4) is 0 Å². The van der Waals surface area contributed by atoms with Crippen molar-refractivity contribution in [3.8, 4) is 11.5 Å². The first-order chi connectivity index (χ1) is 14.2. The standard InChI is InChI=1S/C22H24N2O4S/c1-2-27-19-5-3-4-15-12-17(13-28-20(15)19)22(26)24-9-6-18(7-10-24)23-21(25)16-8-11-29-14-16/h3-5,8,11-12,14,18H,2,6-7,9-10,13H2,1H3,(H,23,25). The molecule has 1 aromatic carbocycles. The minimum atomic E-state index is -0.0406. The van der Waals surface area contributed by atoms with Crippen LogP contribution in [0.1, 0.15) is 35.7 Å². The molecular formula is C22H24N2O4S. The van der Waals surface area contributed by atoms with Crippen LogP contribution in [-0.4, -0.2) is 49.1 Å². The lowest BCUT2D eigenvalue weighted by molar-refractivity contribution is -0.128. The van der Waals surface area contributed by atoms with Gasteiger partial charge in [-0.1, -0.05) is 12.1 Å². The number of thiophene rings is 1. The van der Waals surface area contributed by atoms with Crippen LogP contribution in [0, 0.1) is 0 Å². The molecule has 0 unspecified atom stereocenters. The number of benzene rings is 1. The summed E-state index contributed by atoms with van der Waals surface area (Å²) >= 11 is 1.51. The number of piperidine rings is 1. The van der Waals surface area contributed by atoms with Crippen molar-refractivity contribution < 1.29 is 19.1 Å². The van der Waals surface area contributed by atoms with Crippen LogP contribution in [0.5, 0.6) is 11.5 Å². The number of rotatable bonds is 5. The Morgan fingerprint density at radius 2 is 2.10 bits per heavy atom. The van der Waals surface area contributed by atoms with Crippen LogP contribution in [0.15, 0.2) is 40.6 Å². The first-order valence-corrected chi connectivity index (χ1v) is 10.8. The maximum Gasteiger partial charge on any atom is 0.253 e. The molecule has 0 atom stereocenters. The average Bonchev–Trinajstić information content (AvgIpc) is 3.29. The SMILES string of the molecule is CCOc1cccc2c1OCC(C(=O)N1CCC(NC(=O)c3ccsc3)CC1)=C2. The summed E-state index contributed by atoms with van der Waals surface area (Å²) in [5.74, 6) is 1.36. The third-order valence-corrected chi connectivity index (χ3v) is 5.87. The molecule has 0 aliphatic carbocycles. The first kappa shape index (κ1) is 19.5. The molecule has 0 radical (unpaired) electrons. The molecule has 29 heavy (non-hydrogen) atoms. The maximum absolute atomic E-state index is 12.9. The van der Waals surface area contributed by atoms with Crippen molar-refractivity contribution >= 4 is 29.2 Å². The van der Waals surface area contributed by atoms with Gasteiger partial charge in [-0.25, -0.2) is 0 Å². The van der Waals surface area contributed by atoms with Crippen molar-refractivity contribution in [3.63, 3.8) is 0 Å². The predicted octanol–water partition coefficient (Wildman–Crippen LogP) is 3.34. The minimum absolute atomic E-state index is 0.0000686. The minimum Gasteiger partial charge on any atom is -0.490 e. The van der Waals surface area contributed by atoms with Gasteiger partial charge in [0.05, 0.1) is 12.2 Å². The molecule has 7 heteroatoms. The summed E-state index contributed by atoms with van der Waals surface area (Å²) in [5, 5.41) is 6.81. The smallest absolute Gasteiger partial charge is 0.253 e. The lowest BCUT2D eigenvalue weighted by Crippen LogP contribution is -2.47. The molecule has 1 fully saturated rings. The maximum atomic E-state index is 12.9. The summed E-state index contributed by atoms with van der Waals surface area (Å²) in [6, 6.07) is 7.62. The Kier molecular flexibility index (Phi) is 5.85. The fourth-order valence-electron chi connectivity index (χ4n) is 3.67. The summed E-state index contributed by atoms with van der Waals surface area (Å²) < 4.78 is 11.5. The Labute approximate surface area is 174 Å². The van der Waals surface area contributed by atoms with Gasteiger partial charge < -0.3 is 19.7 Å². The molecule has 152 valence electrons. The van der Waals surface area contributed by atoms with Crippen molar-refractivity contribution in [1.29, 1.82) is 0 Å². The van der Waals surface area contributed by atoms with E-state index in [1.807, 2.05) is 52.9 Å². The summed E-state index contributed by atoms with van der Waals surface area (Å²) in [4.78, 5) is 27.0. The number of fused-ring (bicyclic) bond motifs is 1. The zero-order valence-electron chi connectivity index (χ0n) is 16.3. The Bertz CT molecular complexity index is 915. The topological polar surface area (TPSA) is 67.9 Å². The van der Waals surface area contributed by atoms with Gasteiger partial charge >= 0.3 is 0 Å². The Hall–Kier alpha value is -2.80. The molecule has 0 saturated carbocycles. The van der Waals surface area contributed by atoms with Gasteiger partial charge in [0.2, 0.25) is 0 Å². The van der Waals surface area contributed by atoms with Crippen molar-refractivity contribution in [2.45, 2.75) is 25.8 Å². The van der Waals surface area contributed by atoms with Crippen LogP contribution in [0.25, 0.3) is 6.08 Å². The van der Waals surface area contributed by atoms with Crippen LogP contribution in [-0.2, 0) is 4.79 Å². The van der Waals surface area contributed by atoms with E-state index in [0.717, 1.165) is 18.4 Å². The Balaban J connectivity index is 1.36. The fourth-order valence-corrected chi connectivity index (χ4v) is 4.30. The van der Waals surface area contributed by atoms with Crippen LogP contribution >= 0.6 is 11.3 Å². The van der Waals surface area contributed by atoms with Crippen molar-refractivity contribution in [2.24, 2.45) is 0 Å². The molecule has 1 saturated heterocycles. The lowest BCUT2D eigenvalue weighted by Gasteiger charge is -2.33. The van der Waals surface area contributed by atoms with Crippen molar-refractivity contribution in [3.05, 3.63) is 51.7 Å². The third kappa shape index (κ3) is 4.29. The van der Waals surface area contributed by atoms with Crippen molar-refractivity contribution in [1.82, 2.24) is 10.2 Å². The summed E-state index contributed by atoms with van der Waals surface area (Å²) in [6.45, 7) is 3.98. The summed E-state index contributed by atoms with van der Waals surface area (Å²) in [5.41, 5.74) is 2.21. The number of hydrogen-bond acceptors (Lipinski definition) is 5. The van der Waals surface area contributed by atoms with E-state index in [4.69, 9.17) is 9.47 Å². The highest BCUT2D eigenvalue weighted by Gasteiger charge is 2.28. The Morgan fingerprint density at radius 1 is 1.28 bits per heavy atom. The number of para-hydroxylation sites is 1. The molecule has 4 rings (SSSR count). The van der Waals surface area contributed by atoms with Crippen LogP contribution in [0.4, 0.5) is 0 Å². The highest BCUT2D eigenvalue weighted by molar-refractivity contribution is 7.08. The molecule has 2 aliphatic rings. The molecule has 1 N–H and O–H groups in total. The summed E-state index contributed by atoms with van der Waals surface area (Å²) in [7, 11) is 0. The van der Waals surface area contributed by atoms with Crippen LogP contribution < -0.4 is 14.8 Å². The fraction of sp³-hybridized carbons (Fsp3) is 0.364. The van der Waals surface area contributed by atoms with E-state index in [0.29, 0.717) is 42.3 Å². The quantitative estimate of drug-likeness (QED) is 0.818. The van der Waals surface area contributed by atoms with Crippen molar-refractivity contribution in [2.75, 3.05) is 26.3 Å². The highest BCUT2D eigenvalue weighted by Crippen LogP contribution is 2.36. The second kappa shape index (κ2) is 8.69. The summed E-state index contributed by atoms with van der Waals surface area (Å²) in [6.07, 6.45) is 3.40. The van der Waals surface area contributed by atoms with E-state index in [9.17, 15) is 9.59 Å². The van der Waals surface area contributed by atoms with E-state index >= 15 is 0 Å². The van der Waals surface area contributed by atoms with E-state index in [1.54, 1.807) is 0 Å². The number of carbonyl (C=O) groups excluding carboxylic acids is 2. The van der Waals surface area contributed by atoms with Gasteiger partial charge in [0.1, 0.15) is 6.61 Å². The van der Waals surface area contributed by atoms with Crippen LogP contribution in [0.2, 0.25) is 0 Å². The number of hydrogen-bond donors (Lipinski definition) is 1. The van der Waals surface area contributed by atoms with E-state index in [1.165, 1.54) is 11.3 Å². The van der Waals surface area contributed by atoms with Gasteiger partial charge in [-0.05, 0) is 43.4 Å². The zero-order valence-corrected chi connectivity index (χ0v) is 17.2. The predicted molar refractivity (Wildman–Crippen MR) is 112 cm³/mol. The number of nitrogens with zero attached hydrogens (tertiary/aromatic N) is 1. The van der Waals surface area contributed by atoms with Gasteiger partial charge in [0.25, 0.3) is 11.8 Å². The van der Waals surface area contributed by atoms with E-state index in [2.05, 4.69) is 5.32 Å². The lowest BCUT2D eigenvalue weighted by atomic mass is 10.0. The molecular weight excluding hydrogens is 388 g/mol. The third-order valence-electron chi connectivity index (χ3n) is 5.19. The zero-order chi connectivity index (χ0) is 20.2. The molecule has 0 bridgehead atoms. The number of likely N-dealkylation sites (tertiary alicyclic amines) is 1. The molecule has 2 aromatic rings. The number of amides is 2. The Morgan fingerprint density at radius 3 is 2.83 bits per heavy atom. The number of carbonyl (C=O) groups is 2. The highest BCUT2D eigenvalue weighted by atomic mass is 32.1. The van der Waals surface area contributed by atoms with Gasteiger partial charge in [0.15, 0.2) is 11.5 Å². The normalized spacial score (nSPS) is 16.4. The van der Waals surface area contributed by atoms with Gasteiger partial charge in [-0.2, -0.15) is 11.3 Å². The van der Waals surface area contributed by atoms with Gasteiger partial charge in [-0.3, -0.25) is 9.59 Å². The molecule has 3 heterocycles. The largest absolute Gasteiger partial charge is 0.490 e. The molecule has 1 aromatic heterocycles. The van der Waals surface area contributed by atoms with Gasteiger partial charge in [-0.15, -0.1) is 0 Å². The van der Waals surface area contributed by atoms with E-state index in [-0.39, 0.29) is 24.5 Å². The molecule has 2 aliphatic heterocycles. The number of ether oxygens (including phenoxy) is 2. The molecule has 0 spiro atoms. The molecule has 6 nitrogen and oxygen atoms in total. The second-order valence-electron chi connectivity index (χ2n) is 7.12. The monoisotopic (exact) mass is 412 g/mol. The first-order valence-electron chi connectivity index (χ1n) is 9.87. The second-order valence-corrected chi connectivity index (χ2v) is 7.90. The average molecular weight is 413 g/mol. The number of nitrogens with one attached hydrogen (secondary N) is 1. The van der Waals surface area contributed by atoms with Gasteiger partial charge in [0, 0.05) is 35.6 Å². The molecule has 2 amide bonds.